The lowest BCUT2D eigenvalue weighted by Gasteiger charge is -2.15. The van der Waals surface area contributed by atoms with E-state index in [2.05, 4.69) is 0 Å². The molecule has 0 saturated heterocycles. The van der Waals surface area contributed by atoms with E-state index in [1.165, 1.54) is 0 Å². The van der Waals surface area contributed by atoms with Crippen molar-refractivity contribution in [1.29, 1.82) is 0 Å². The molecule has 0 aromatic heterocycles. The van der Waals surface area contributed by atoms with Gasteiger partial charge in [0.25, 0.3) is 0 Å². The molecule has 0 radical (unpaired) electrons. The van der Waals surface area contributed by atoms with Crippen LogP contribution in [0, 0.1) is 0 Å². The van der Waals surface area contributed by atoms with E-state index < -0.39 is 0 Å². The predicted molar refractivity (Wildman–Crippen MR) is 134 cm³/mol. The Balaban J connectivity index is 1.50. The molecular weight excluding hydrogens is 479 g/mol. The molecule has 0 aliphatic carbocycles. The van der Waals surface area contributed by atoms with E-state index in [0.29, 0.717) is 52.1 Å². The fourth-order valence-corrected chi connectivity index (χ4v) is 3.82. The van der Waals surface area contributed by atoms with E-state index >= 15 is 0 Å². The van der Waals surface area contributed by atoms with Crippen LogP contribution in [-0.2, 0) is 19.8 Å². The second-order valence-electron chi connectivity index (χ2n) is 7.36. The van der Waals surface area contributed by atoms with Crippen LogP contribution in [0.2, 0.25) is 15.1 Å². The molecule has 0 bridgehead atoms. The Labute approximate surface area is 208 Å². The molecule has 168 valence electrons. The van der Waals surface area contributed by atoms with Crippen molar-refractivity contribution in [2.75, 3.05) is 0 Å². The van der Waals surface area contributed by atoms with Crippen LogP contribution in [0.25, 0.3) is 0 Å². The van der Waals surface area contributed by atoms with Gasteiger partial charge in [-0.05, 0) is 65.2 Å². The monoisotopic (exact) mass is 498 g/mol. The molecule has 0 aliphatic rings. The van der Waals surface area contributed by atoms with E-state index in [9.17, 15) is 0 Å². The molecule has 3 nitrogen and oxygen atoms in total. The van der Waals surface area contributed by atoms with Crippen LogP contribution in [0.15, 0.2) is 91.0 Å². The first-order valence-corrected chi connectivity index (χ1v) is 11.4. The van der Waals surface area contributed by atoms with Gasteiger partial charge in [0.2, 0.25) is 0 Å². The fourth-order valence-electron chi connectivity index (χ4n) is 3.18. The average molecular weight is 500 g/mol. The van der Waals surface area contributed by atoms with Crippen LogP contribution in [0.1, 0.15) is 16.7 Å². The normalized spacial score (nSPS) is 10.6. The average Bonchev–Trinajstić information content (AvgIpc) is 2.81. The summed E-state index contributed by atoms with van der Waals surface area (Å²) in [6, 6.07) is 28.2. The smallest absolute Gasteiger partial charge is 0.165 e. The van der Waals surface area contributed by atoms with Gasteiger partial charge in [-0.2, -0.15) is 0 Å². The molecule has 0 heterocycles. The number of ether oxygens (including phenoxy) is 3. The van der Waals surface area contributed by atoms with E-state index in [1.807, 2.05) is 91.0 Å². The van der Waals surface area contributed by atoms with Crippen LogP contribution < -0.4 is 14.2 Å². The Kier molecular flexibility index (Phi) is 8.01. The summed E-state index contributed by atoms with van der Waals surface area (Å²) in [5.41, 5.74) is 2.89. The highest BCUT2D eigenvalue weighted by Crippen LogP contribution is 2.33. The highest BCUT2D eigenvalue weighted by Gasteiger charge is 2.10. The summed E-state index contributed by atoms with van der Waals surface area (Å²) in [6.07, 6.45) is 0. The summed E-state index contributed by atoms with van der Waals surface area (Å²) in [5.74, 6) is 1.83. The number of benzene rings is 4. The van der Waals surface area contributed by atoms with Crippen molar-refractivity contribution in [3.63, 3.8) is 0 Å². The van der Waals surface area contributed by atoms with Crippen LogP contribution in [-0.4, -0.2) is 0 Å². The molecule has 0 spiro atoms. The topological polar surface area (TPSA) is 27.7 Å². The zero-order chi connectivity index (χ0) is 23.0. The highest BCUT2D eigenvalue weighted by atomic mass is 35.5. The zero-order valence-electron chi connectivity index (χ0n) is 17.6. The maximum Gasteiger partial charge on any atom is 0.165 e. The molecule has 0 amide bonds. The molecule has 4 rings (SSSR count). The fraction of sp³-hybridized carbons (Fsp3) is 0.111. The molecule has 4 aromatic carbocycles. The Bertz CT molecular complexity index is 1230. The molecule has 6 heteroatoms. The van der Waals surface area contributed by atoms with Gasteiger partial charge in [0.1, 0.15) is 25.6 Å². The third-order valence-corrected chi connectivity index (χ3v) is 5.48. The van der Waals surface area contributed by atoms with Gasteiger partial charge in [0.05, 0.1) is 0 Å². The molecule has 0 aliphatic heterocycles. The third kappa shape index (κ3) is 7.06. The summed E-state index contributed by atoms with van der Waals surface area (Å²) >= 11 is 18.3. The largest absolute Gasteiger partial charge is 0.489 e. The maximum atomic E-state index is 6.10. The van der Waals surface area contributed by atoms with Crippen molar-refractivity contribution in [3.05, 3.63) is 123 Å². The van der Waals surface area contributed by atoms with E-state index in [-0.39, 0.29) is 0 Å². The Hall–Kier alpha value is -2.85. The maximum absolute atomic E-state index is 6.10. The molecule has 0 atom stereocenters. The molecule has 0 N–H and O–H groups in total. The van der Waals surface area contributed by atoms with Gasteiger partial charge in [-0.15, -0.1) is 0 Å². The minimum Gasteiger partial charge on any atom is -0.489 e. The Morgan fingerprint density at radius 3 is 1.39 bits per heavy atom. The van der Waals surface area contributed by atoms with Gasteiger partial charge in [-0.3, -0.25) is 0 Å². The number of hydrogen-bond donors (Lipinski definition) is 0. The second kappa shape index (κ2) is 11.3. The van der Waals surface area contributed by atoms with Crippen molar-refractivity contribution in [3.8, 4) is 17.2 Å². The summed E-state index contributed by atoms with van der Waals surface area (Å²) in [4.78, 5) is 0. The van der Waals surface area contributed by atoms with Crippen LogP contribution in [0.3, 0.4) is 0 Å². The zero-order valence-corrected chi connectivity index (χ0v) is 19.9. The quantitative estimate of drug-likeness (QED) is 0.231. The van der Waals surface area contributed by atoms with Crippen LogP contribution >= 0.6 is 34.8 Å². The Morgan fingerprint density at radius 1 is 0.455 bits per heavy atom. The summed E-state index contributed by atoms with van der Waals surface area (Å²) < 4.78 is 18.1. The van der Waals surface area contributed by atoms with Crippen LogP contribution in [0.4, 0.5) is 0 Å². The number of hydrogen-bond acceptors (Lipinski definition) is 3. The summed E-state index contributed by atoms with van der Waals surface area (Å²) in [7, 11) is 0. The summed E-state index contributed by atoms with van der Waals surface area (Å²) in [5, 5.41) is 2.00. The standard InChI is InChI=1S/C27H21Cl3O3/c28-22-7-1-4-19(12-22)16-31-25-10-11-26(32-17-20-5-2-8-23(29)13-20)27(15-25)33-18-21-6-3-9-24(30)14-21/h1-15H,16-18H2. The molecular formula is C27H21Cl3O3. The van der Waals surface area contributed by atoms with Gasteiger partial charge in [-0.25, -0.2) is 0 Å². The third-order valence-electron chi connectivity index (χ3n) is 4.78. The first-order valence-electron chi connectivity index (χ1n) is 10.3. The predicted octanol–water partition coefficient (Wildman–Crippen LogP) is 8.38. The lowest BCUT2D eigenvalue weighted by molar-refractivity contribution is 0.251. The number of rotatable bonds is 9. The van der Waals surface area contributed by atoms with E-state index in [0.717, 1.165) is 16.7 Å². The summed E-state index contributed by atoms with van der Waals surface area (Å²) in [6.45, 7) is 1.08. The minimum absolute atomic E-state index is 0.339. The lowest BCUT2D eigenvalue weighted by Crippen LogP contribution is -2.02. The van der Waals surface area contributed by atoms with Crippen molar-refractivity contribution in [2.45, 2.75) is 19.8 Å². The van der Waals surface area contributed by atoms with Crippen LogP contribution in [0.5, 0.6) is 17.2 Å². The van der Waals surface area contributed by atoms with Crippen molar-refractivity contribution in [2.24, 2.45) is 0 Å². The van der Waals surface area contributed by atoms with Crippen molar-refractivity contribution in [1.82, 2.24) is 0 Å². The molecule has 0 unspecified atom stereocenters. The molecule has 33 heavy (non-hydrogen) atoms. The molecule has 0 saturated carbocycles. The number of halogens is 3. The van der Waals surface area contributed by atoms with Gasteiger partial charge in [-0.1, -0.05) is 71.2 Å². The van der Waals surface area contributed by atoms with Gasteiger partial charge >= 0.3 is 0 Å². The van der Waals surface area contributed by atoms with E-state index in [4.69, 9.17) is 49.0 Å². The first kappa shape index (κ1) is 23.3. The second-order valence-corrected chi connectivity index (χ2v) is 8.67. The Morgan fingerprint density at radius 2 is 0.909 bits per heavy atom. The SMILES string of the molecule is Clc1cccc(COc2ccc(OCc3cccc(Cl)c3)c(OCc3cccc(Cl)c3)c2)c1. The van der Waals surface area contributed by atoms with E-state index in [1.54, 1.807) is 0 Å². The van der Waals surface area contributed by atoms with Gasteiger partial charge < -0.3 is 14.2 Å². The van der Waals surface area contributed by atoms with Gasteiger partial charge in [0.15, 0.2) is 11.5 Å². The molecule has 4 aromatic rings. The lowest BCUT2D eigenvalue weighted by atomic mass is 10.2. The molecule has 0 fully saturated rings. The minimum atomic E-state index is 0.339. The van der Waals surface area contributed by atoms with Crippen molar-refractivity contribution < 1.29 is 14.2 Å². The van der Waals surface area contributed by atoms with Gasteiger partial charge in [0, 0.05) is 21.1 Å². The van der Waals surface area contributed by atoms with Crippen molar-refractivity contribution >= 4 is 34.8 Å². The first-order chi connectivity index (χ1) is 16.0. The highest BCUT2D eigenvalue weighted by molar-refractivity contribution is 6.31.